The second-order valence-corrected chi connectivity index (χ2v) is 7.25. The molecular weight excluding hydrogens is 354 g/mol. The molecule has 1 aliphatic rings. The molecule has 6 heteroatoms. The lowest BCUT2D eigenvalue weighted by molar-refractivity contribution is -0.128. The normalized spacial score (nSPS) is 16.1. The number of likely N-dealkylation sites (tertiary alicyclic amines) is 1. The van der Waals surface area contributed by atoms with E-state index in [0.717, 1.165) is 6.42 Å². The van der Waals surface area contributed by atoms with E-state index < -0.39 is 0 Å². The molecule has 0 aromatic heterocycles. The van der Waals surface area contributed by atoms with Gasteiger partial charge in [-0.3, -0.25) is 14.4 Å². The van der Waals surface area contributed by atoms with Gasteiger partial charge in [0.2, 0.25) is 11.8 Å². The number of nitrogens with one attached hydrogen (secondary N) is 1. The van der Waals surface area contributed by atoms with Gasteiger partial charge >= 0.3 is 0 Å². The summed E-state index contributed by atoms with van der Waals surface area (Å²) in [6.07, 6.45) is 0.993. The molecule has 0 radical (unpaired) electrons. The van der Waals surface area contributed by atoms with E-state index >= 15 is 0 Å². The Labute approximate surface area is 165 Å². The van der Waals surface area contributed by atoms with Crippen molar-refractivity contribution in [2.24, 2.45) is 5.92 Å². The lowest BCUT2D eigenvalue weighted by Crippen LogP contribution is -2.30. The van der Waals surface area contributed by atoms with Crippen LogP contribution >= 0.6 is 0 Å². The van der Waals surface area contributed by atoms with E-state index in [1.54, 1.807) is 43.3 Å². The summed E-state index contributed by atoms with van der Waals surface area (Å²) >= 11 is 0. The Morgan fingerprint density at radius 1 is 1.11 bits per heavy atom. The Bertz CT molecular complexity index is 864. The van der Waals surface area contributed by atoms with Gasteiger partial charge in [0, 0.05) is 44.9 Å². The molecule has 0 saturated carbocycles. The second kappa shape index (κ2) is 8.69. The smallest absolute Gasteiger partial charge is 0.253 e. The van der Waals surface area contributed by atoms with Crippen LogP contribution in [0.3, 0.4) is 0 Å². The lowest BCUT2D eigenvalue weighted by atomic mass is 10.1. The van der Waals surface area contributed by atoms with Crippen LogP contribution in [0, 0.1) is 5.92 Å². The van der Waals surface area contributed by atoms with E-state index in [1.165, 1.54) is 10.5 Å². The largest absolute Gasteiger partial charge is 0.345 e. The fraction of sp³-hybridized carbons (Fsp3) is 0.318. The Balaban J connectivity index is 1.57. The lowest BCUT2D eigenvalue weighted by Gasteiger charge is -2.17. The molecule has 1 N–H and O–H groups in total. The second-order valence-electron chi connectivity index (χ2n) is 7.25. The van der Waals surface area contributed by atoms with Gasteiger partial charge in [-0.15, -0.1) is 0 Å². The highest BCUT2D eigenvalue weighted by Crippen LogP contribution is 2.21. The number of hydrogen-bond acceptors (Lipinski definition) is 3. The van der Waals surface area contributed by atoms with Gasteiger partial charge in [-0.2, -0.15) is 0 Å². The summed E-state index contributed by atoms with van der Waals surface area (Å²) in [6.45, 7) is 1.03. The first-order chi connectivity index (χ1) is 13.4. The fourth-order valence-corrected chi connectivity index (χ4v) is 3.31. The molecule has 28 heavy (non-hydrogen) atoms. The minimum Gasteiger partial charge on any atom is -0.345 e. The van der Waals surface area contributed by atoms with E-state index in [0.29, 0.717) is 24.3 Å². The standard InChI is InChI=1S/C22H25N3O3/c1-24(2)22(28)17-9-6-10-19(13-17)23-21(27)18-14-20(26)25(15-18)12-11-16-7-4-3-5-8-16/h3-10,13,18H,11-12,14-15H2,1-2H3,(H,23,27)/t18-/m1/s1. The monoisotopic (exact) mass is 379 g/mol. The van der Waals surface area contributed by atoms with Gasteiger partial charge in [-0.1, -0.05) is 36.4 Å². The van der Waals surface area contributed by atoms with Crippen molar-refractivity contribution in [3.8, 4) is 0 Å². The summed E-state index contributed by atoms with van der Waals surface area (Å²) in [4.78, 5) is 40.2. The summed E-state index contributed by atoms with van der Waals surface area (Å²) in [5.74, 6) is -0.687. The molecule has 1 aliphatic heterocycles. The number of benzene rings is 2. The Morgan fingerprint density at radius 3 is 2.57 bits per heavy atom. The van der Waals surface area contributed by atoms with Gasteiger partial charge in [0.25, 0.3) is 5.91 Å². The van der Waals surface area contributed by atoms with E-state index in [1.807, 2.05) is 30.3 Å². The molecule has 0 bridgehead atoms. The molecule has 0 aliphatic carbocycles. The predicted molar refractivity (Wildman–Crippen MR) is 108 cm³/mol. The molecule has 146 valence electrons. The number of hydrogen-bond donors (Lipinski definition) is 1. The molecule has 1 saturated heterocycles. The Kier molecular flexibility index (Phi) is 6.09. The fourth-order valence-electron chi connectivity index (χ4n) is 3.31. The zero-order chi connectivity index (χ0) is 20.1. The van der Waals surface area contributed by atoms with Crippen LogP contribution in [0.5, 0.6) is 0 Å². The number of nitrogens with zero attached hydrogens (tertiary/aromatic N) is 2. The third kappa shape index (κ3) is 4.76. The summed E-state index contributed by atoms with van der Waals surface area (Å²) in [6, 6.07) is 16.8. The zero-order valence-corrected chi connectivity index (χ0v) is 16.2. The summed E-state index contributed by atoms with van der Waals surface area (Å²) in [5.41, 5.74) is 2.24. The van der Waals surface area contributed by atoms with Gasteiger partial charge in [-0.25, -0.2) is 0 Å². The third-order valence-electron chi connectivity index (χ3n) is 4.88. The van der Waals surface area contributed by atoms with E-state index in [-0.39, 0.29) is 30.1 Å². The average Bonchev–Trinajstić information content (AvgIpc) is 3.07. The molecule has 0 unspecified atom stereocenters. The minimum absolute atomic E-state index is 0.00705. The number of carbonyl (C=O) groups is 3. The van der Waals surface area contributed by atoms with Crippen LogP contribution in [0.2, 0.25) is 0 Å². The van der Waals surface area contributed by atoms with Crippen LogP contribution in [-0.2, 0) is 16.0 Å². The van der Waals surface area contributed by atoms with Crippen LogP contribution in [0.25, 0.3) is 0 Å². The molecular formula is C22H25N3O3. The van der Waals surface area contributed by atoms with Crippen LogP contribution < -0.4 is 5.32 Å². The van der Waals surface area contributed by atoms with Gasteiger partial charge < -0.3 is 15.1 Å². The van der Waals surface area contributed by atoms with Crippen LogP contribution in [0.4, 0.5) is 5.69 Å². The molecule has 2 aromatic rings. The predicted octanol–water partition coefficient (Wildman–Crippen LogP) is 2.42. The van der Waals surface area contributed by atoms with E-state index in [4.69, 9.17) is 0 Å². The van der Waals surface area contributed by atoms with Crippen molar-refractivity contribution in [3.05, 3.63) is 65.7 Å². The van der Waals surface area contributed by atoms with E-state index in [9.17, 15) is 14.4 Å². The molecule has 3 amide bonds. The van der Waals surface area contributed by atoms with Gasteiger partial charge in [-0.05, 0) is 30.2 Å². The maximum atomic E-state index is 12.6. The number of carbonyl (C=O) groups excluding carboxylic acids is 3. The Hall–Kier alpha value is -3.15. The molecule has 1 atom stereocenters. The van der Waals surface area contributed by atoms with Gasteiger partial charge in [0.15, 0.2) is 0 Å². The van der Waals surface area contributed by atoms with Crippen molar-refractivity contribution in [2.75, 3.05) is 32.5 Å². The highest BCUT2D eigenvalue weighted by Gasteiger charge is 2.34. The van der Waals surface area contributed by atoms with Crippen molar-refractivity contribution >= 4 is 23.4 Å². The average molecular weight is 379 g/mol. The molecule has 0 spiro atoms. The van der Waals surface area contributed by atoms with Gasteiger partial charge in [0.1, 0.15) is 0 Å². The summed E-state index contributed by atoms with van der Waals surface area (Å²) < 4.78 is 0. The maximum Gasteiger partial charge on any atom is 0.253 e. The molecule has 1 heterocycles. The molecule has 6 nitrogen and oxygen atoms in total. The first-order valence-corrected chi connectivity index (χ1v) is 9.38. The van der Waals surface area contributed by atoms with Crippen LogP contribution in [0.1, 0.15) is 22.3 Å². The number of rotatable bonds is 6. The number of anilines is 1. The van der Waals surface area contributed by atoms with Gasteiger partial charge in [0.05, 0.1) is 5.92 Å². The Morgan fingerprint density at radius 2 is 1.86 bits per heavy atom. The quantitative estimate of drug-likeness (QED) is 0.838. The molecule has 2 aromatic carbocycles. The summed E-state index contributed by atoms with van der Waals surface area (Å²) in [5, 5.41) is 2.84. The van der Waals surface area contributed by atoms with Crippen molar-refractivity contribution < 1.29 is 14.4 Å². The number of amides is 3. The first kappa shape index (κ1) is 19.6. The topological polar surface area (TPSA) is 69.7 Å². The minimum atomic E-state index is -0.378. The van der Waals surface area contributed by atoms with Crippen molar-refractivity contribution in [2.45, 2.75) is 12.8 Å². The van der Waals surface area contributed by atoms with Crippen LogP contribution in [0.15, 0.2) is 54.6 Å². The van der Waals surface area contributed by atoms with Crippen molar-refractivity contribution in [1.29, 1.82) is 0 Å². The highest BCUT2D eigenvalue weighted by molar-refractivity contribution is 5.99. The first-order valence-electron chi connectivity index (χ1n) is 9.38. The molecule has 3 rings (SSSR count). The van der Waals surface area contributed by atoms with Crippen molar-refractivity contribution in [3.63, 3.8) is 0 Å². The highest BCUT2D eigenvalue weighted by atomic mass is 16.2. The van der Waals surface area contributed by atoms with E-state index in [2.05, 4.69) is 5.32 Å². The zero-order valence-electron chi connectivity index (χ0n) is 16.2. The SMILES string of the molecule is CN(C)C(=O)c1cccc(NC(=O)[C@@H]2CC(=O)N(CCc3ccccc3)C2)c1. The molecule has 1 fully saturated rings. The van der Waals surface area contributed by atoms with Crippen molar-refractivity contribution in [1.82, 2.24) is 9.80 Å². The maximum absolute atomic E-state index is 12.6. The third-order valence-corrected chi connectivity index (χ3v) is 4.88. The summed E-state index contributed by atoms with van der Waals surface area (Å²) in [7, 11) is 3.36. The van der Waals surface area contributed by atoms with Crippen LogP contribution in [-0.4, -0.2) is 54.7 Å².